The molecule has 1 heterocycles. The van der Waals surface area contributed by atoms with Gasteiger partial charge in [0.25, 0.3) is 0 Å². The summed E-state index contributed by atoms with van der Waals surface area (Å²) in [7, 11) is 1.65. The second-order valence-electron chi connectivity index (χ2n) is 12.7. The minimum absolute atomic E-state index is 0.0965. The highest BCUT2D eigenvalue weighted by Crippen LogP contribution is 2.68. The van der Waals surface area contributed by atoms with E-state index in [1.807, 2.05) is 29.1 Å². The zero-order valence-electron chi connectivity index (χ0n) is 21.3. The SMILES string of the molecule is CO[C@@]1(O)CC[C@@]2(C)[C@@H](CCC3[C@@H]2CC[C@]2(C)[C@@H](C(=O)Cn4cc5ccc(Cl)cc5n4)CC[C@@H]32)C1. The molecule has 4 saturated carbocycles. The van der Waals surface area contributed by atoms with E-state index in [1.165, 1.54) is 25.7 Å². The fourth-order valence-corrected chi connectivity index (χ4v) is 9.48. The molecule has 1 N–H and O–H groups in total. The summed E-state index contributed by atoms with van der Waals surface area (Å²) in [5.74, 6) is 2.11. The fourth-order valence-electron chi connectivity index (χ4n) is 9.32. The van der Waals surface area contributed by atoms with Gasteiger partial charge >= 0.3 is 0 Å². The van der Waals surface area contributed by atoms with Crippen LogP contribution in [0.2, 0.25) is 5.02 Å². The molecule has 1 aromatic heterocycles. The van der Waals surface area contributed by atoms with Gasteiger partial charge < -0.3 is 9.84 Å². The Hall–Kier alpha value is -1.43. The number of carbonyl (C=O) groups is 1. The number of nitrogens with zero attached hydrogens (tertiary/aromatic N) is 2. The molecule has 0 aliphatic heterocycles. The number of aromatic nitrogens is 2. The van der Waals surface area contributed by atoms with E-state index in [2.05, 4.69) is 18.9 Å². The van der Waals surface area contributed by atoms with Gasteiger partial charge in [-0.25, -0.2) is 0 Å². The molecule has 0 saturated heterocycles. The molecule has 1 aromatic carbocycles. The molecule has 0 spiro atoms. The number of carbonyl (C=O) groups excluding carboxylic acids is 1. The Morgan fingerprint density at radius 3 is 2.71 bits per heavy atom. The Morgan fingerprint density at radius 2 is 1.91 bits per heavy atom. The van der Waals surface area contributed by atoms with Crippen molar-refractivity contribution in [1.82, 2.24) is 9.78 Å². The summed E-state index contributed by atoms with van der Waals surface area (Å²) in [4.78, 5) is 13.6. The molecule has 0 amide bonds. The third-order valence-electron chi connectivity index (χ3n) is 11.3. The third kappa shape index (κ3) is 3.71. The average Bonchev–Trinajstić information content (AvgIpc) is 3.39. The second kappa shape index (κ2) is 8.29. The van der Waals surface area contributed by atoms with E-state index in [9.17, 15) is 9.90 Å². The minimum Gasteiger partial charge on any atom is -0.365 e. The lowest BCUT2D eigenvalue weighted by Crippen LogP contribution is -2.56. The summed E-state index contributed by atoms with van der Waals surface area (Å²) in [6.07, 6.45) is 11.5. The Balaban J connectivity index is 1.19. The zero-order valence-corrected chi connectivity index (χ0v) is 22.1. The van der Waals surface area contributed by atoms with Crippen LogP contribution < -0.4 is 0 Å². The molecule has 1 unspecified atom stereocenters. The van der Waals surface area contributed by atoms with Gasteiger partial charge in [-0.1, -0.05) is 25.4 Å². The maximum atomic E-state index is 13.6. The van der Waals surface area contributed by atoms with Crippen LogP contribution in [-0.2, 0) is 16.1 Å². The van der Waals surface area contributed by atoms with Crippen LogP contribution in [0.25, 0.3) is 10.9 Å². The summed E-state index contributed by atoms with van der Waals surface area (Å²) in [5, 5.41) is 17.2. The highest BCUT2D eigenvalue weighted by Gasteiger charge is 2.62. The molecule has 6 rings (SSSR count). The molecule has 6 heteroatoms. The van der Waals surface area contributed by atoms with E-state index in [-0.39, 0.29) is 16.7 Å². The number of ether oxygens (including phenoxy) is 1. The lowest BCUT2D eigenvalue weighted by Gasteiger charge is -2.61. The standard InChI is InChI=1S/C29H39ClN2O3/c1-27-12-13-29(34,35-3)15-19(27)5-7-21-22-8-9-24(28(22,2)11-10-23(21)27)26(33)17-32-16-18-4-6-20(30)14-25(18)31-32/h4,6,14,16,19,21-24,34H,5,7-13,15,17H2,1-3H3/t19-,21?,22-,23-,24+,27-,28-,29-/m0/s1. The number of methoxy groups -OCH3 is 1. The largest absolute Gasteiger partial charge is 0.365 e. The highest BCUT2D eigenvalue weighted by molar-refractivity contribution is 6.31. The van der Waals surface area contributed by atoms with Crippen molar-refractivity contribution in [3.8, 4) is 0 Å². The summed E-state index contributed by atoms with van der Waals surface area (Å²) >= 11 is 6.13. The van der Waals surface area contributed by atoms with E-state index < -0.39 is 5.79 Å². The zero-order chi connectivity index (χ0) is 24.6. The van der Waals surface area contributed by atoms with Crippen LogP contribution in [0.1, 0.15) is 71.6 Å². The summed E-state index contributed by atoms with van der Waals surface area (Å²) < 4.78 is 7.33. The molecule has 35 heavy (non-hydrogen) atoms. The van der Waals surface area contributed by atoms with Crippen LogP contribution in [0.3, 0.4) is 0 Å². The number of Topliss-reactive ketones (excluding diaryl/α,β-unsaturated/α-hetero) is 1. The number of aliphatic hydroxyl groups is 1. The van der Waals surface area contributed by atoms with Crippen LogP contribution in [0.15, 0.2) is 24.4 Å². The van der Waals surface area contributed by atoms with Crippen LogP contribution >= 0.6 is 11.6 Å². The Morgan fingerprint density at radius 1 is 1.11 bits per heavy atom. The summed E-state index contributed by atoms with van der Waals surface area (Å²) in [6.45, 7) is 5.27. The van der Waals surface area contributed by atoms with E-state index >= 15 is 0 Å². The molecule has 2 aromatic rings. The van der Waals surface area contributed by atoms with Gasteiger partial charge in [-0.2, -0.15) is 5.10 Å². The topological polar surface area (TPSA) is 64.3 Å². The lowest BCUT2D eigenvalue weighted by atomic mass is 9.44. The maximum Gasteiger partial charge on any atom is 0.165 e. The van der Waals surface area contributed by atoms with Crippen LogP contribution in [0.5, 0.6) is 0 Å². The summed E-state index contributed by atoms with van der Waals surface area (Å²) in [6, 6.07) is 5.70. The number of benzene rings is 1. The number of hydrogen-bond donors (Lipinski definition) is 1. The Bertz CT molecular complexity index is 1150. The normalized spacial score (nSPS) is 42.9. The van der Waals surface area contributed by atoms with Crippen LogP contribution in [0, 0.1) is 40.4 Å². The second-order valence-corrected chi connectivity index (χ2v) is 13.1. The van der Waals surface area contributed by atoms with E-state index in [0.717, 1.165) is 43.0 Å². The molecule has 8 atom stereocenters. The van der Waals surface area contributed by atoms with E-state index in [4.69, 9.17) is 16.3 Å². The quantitative estimate of drug-likeness (QED) is 0.506. The van der Waals surface area contributed by atoms with Gasteiger partial charge in [0.2, 0.25) is 0 Å². The van der Waals surface area contributed by atoms with E-state index in [0.29, 0.717) is 41.0 Å². The Kier molecular flexibility index (Phi) is 5.67. The van der Waals surface area contributed by atoms with Crippen molar-refractivity contribution in [3.63, 3.8) is 0 Å². The Labute approximate surface area is 213 Å². The van der Waals surface area contributed by atoms with Crippen molar-refractivity contribution >= 4 is 28.3 Å². The van der Waals surface area contributed by atoms with Gasteiger partial charge in [0.15, 0.2) is 11.6 Å². The van der Waals surface area contributed by atoms with Gasteiger partial charge in [0.1, 0.15) is 0 Å². The predicted molar refractivity (Wildman–Crippen MR) is 137 cm³/mol. The first-order chi connectivity index (χ1) is 16.6. The van der Waals surface area contributed by atoms with Gasteiger partial charge in [-0.05, 0) is 97.6 Å². The third-order valence-corrected chi connectivity index (χ3v) is 11.5. The van der Waals surface area contributed by atoms with Crippen molar-refractivity contribution in [3.05, 3.63) is 29.4 Å². The predicted octanol–water partition coefficient (Wildman–Crippen LogP) is 6.25. The first-order valence-electron chi connectivity index (χ1n) is 13.6. The molecule has 4 aliphatic rings. The molecule has 4 fully saturated rings. The van der Waals surface area contributed by atoms with Crippen molar-refractivity contribution < 1.29 is 14.6 Å². The number of fused-ring (bicyclic) bond motifs is 6. The smallest absolute Gasteiger partial charge is 0.165 e. The van der Waals surface area contributed by atoms with Gasteiger partial charge in [-0.15, -0.1) is 0 Å². The fraction of sp³-hybridized carbons (Fsp3) is 0.724. The number of hydrogen-bond acceptors (Lipinski definition) is 4. The van der Waals surface area contributed by atoms with Crippen molar-refractivity contribution in [2.75, 3.05) is 7.11 Å². The van der Waals surface area contributed by atoms with Gasteiger partial charge in [0.05, 0.1) is 12.1 Å². The molecule has 0 bridgehead atoms. The molecule has 0 radical (unpaired) electrons. The monoisotopic (exact) mass is 498 g/mol. The minimum atomic E-state index is -0.937. The first kappa shape index (κ1) is 23.9. The van der Waals surface area contributed by atoms with Crippen LogP contribution in [0.4, 0.5) is 0 Å². The van der Waals surface area contributed by atoms with Crippen LogP contribution in [-0.4, -0.2) is 33.6 Å². The number of rotatable bonds is 4. The van der Waals surface area contributed by atoms with Crippen molar-refractivity contribution in [1.29, 1.82) is 0 Å². The van der Waals surface area contributed by atoms with Crippen molar-refractivity contribution in [2.24, 2.45) is 40.4 Å². The lowest BCUT2D eigenvalue weighted by molar-refractivity contribution is -0.247. The molecular weight excluding hydrogens is 460 g/mol. The molecular formula is C29H39ClN2O3. The molecule has 190 valence electrons. The maximum absolute atomic E-state index is 13.6. The number of ketones is 1. The van der Waals surface area contributed by atoms with E-state index in [1.54, 1.807) is 7.11 Å². The number of halogens is 1. The molecule has 5 nitrogen and oxygen atoms in total. The summed E-state index contributed by atoms with van der Waals surface area (Å²) in [5.41, 5.74) is 1.23. The first-order valence-corrected chi connectivity index (χ1v) is 14.0. The van der Waals surface area contributed by atoms with Gasteiger partial charge in [0, 0.05) is 42.5 Å². The van der Waals surface area contributed by atoms with Crippen molar-refractivity contribution in [2.45, 2.75) is 84.0 Å². The van der Waals surface area contributed by atoms with Gasteiger partial charge in [-0.3, -0.25) is 9.48 Å². The molecule has 4 aliphatic carbocycles. The average molecular weight is 499 g/mol. The highest BCUT2D eigenvalue weighted by atomic mass is 35.5.